The highest BCUT2D eigenvalue weighted by Crippen LogP contribution is 2.23. The second-order valence-electron chi connectivity index (χ2n) is 6.25. The lowest BCUT2D eigenvalue weighted by Gasteiger charge is -2.17. The lowest BCUT2D eigenvalue weighted by atomic mass is 10.1. The first kappa shape index (κ1) is 20.8. The SMILES string of the molecule is CCOC(=O)C(NC(=O)CCCCSc1ncnc2nc[nH]c12)c1ccccc1. The van der Waals surface area contributed by atoms with Crippen LogP contribution < -0.4 is 5.32 Å². The number of amides is 1. The van der Waals surface area contributed by atoms with Crippen molar-refractivity contribution in [3.05, 3.63) is 48.5 Å². The summed E-state index contributed by atoms with van der Waals surface area (Å²) < 4.78 is 5.10. The molecule has 1 unspecified atom stereocenters. The van der Waals surface area contributed by atoms with Gasteiger partial charge in [0.1, 0.15) is 16.9 Å². The van der Waals surface area contributed by atoms with Crippen LogP contribution in [-0.2, 0) is 14.3 Å². The molecule has 0 aliphatic heterocycles. The maximum Gasteiger partial charge on any atom is 0.333 e. The van der Waals surface area contributed by atoms with Crippen LogP contribution in [0.2, 0.25) is 0 Å². The summed E-state index contributed by atoms with van der Waals surface area (Å²) in [6, 6.07) is 8.34. The van der Waals surface area contributed by atoms with Gasteiger partial charge >= 0.3 is 5.97 Å². The van der Waals surface area contributed by atoms with Gasteiger partial charge in [-0.05, 0) is 31.1 Å². The minimum Gasteiger partial charge on any atom is -0.464 e. The Kier molecular flexibility index (Phi) is 7.57. The summed E-state index contributed by atoms with van der Waals surface area (Å²) in [5, 5.41) is 3.64. The third-order valence-electron chi connectivity index (χ3n) is 4.19. The van der Waals surface area contributed by atoms with Gasteiger partial charge in [-0.3, -0.25) is 4.79 Å². The fraction of sp³-hybridized carbons (Fsp3) is 0.350. The van der Waals surface area contributed by atoms with Crippen molar-refractivity contribution in [3.8, 4) is 0 Å². The van der Waals surface area contributed by atoms with Gasteiger partial charge in [0.25, 0.3) is 0 Å². The number of nitrogens with one attached hydrogen (secondary N) is 2. The van der Waals surface area contributed by atoms with Gasteiger partial charge in [-0.15, -0.1) is 11.8 Å². The van der Waals surface area contributed by atoms with Crippen molar-refractivity contribution in [2.45, 2.75) is 37.3 Å². The van der Waals surface area contributed by atoms with Crippen molar-refractivity contribution in [3.63, 3.8) is 0 Å². The number of aromatic nitrogens is 4. The minimum absolute atomic E-state index is 0.171. The summed E-state index contributed by atoms with van der Waals surface area (Å²) in [6.45, 7) is 2.01. The number of imidazole rings is 1. The predicted octanol–water partition coefficient (Wildman–Crippen LogP) is 3.04. The molecule has 0 radical (unpaired) electrons. The highest BCUT2D eigenvalue weighted by molar-refractivity contribution is 7.99. The van der Waals surface area contributed by atoms with Gasteiger partial charge in [0, 0.05) is 6.42 Å². The van der Waals surface area contributed by atoms with Gasteiger partial charge in [0.2, 0.25) is 5.91 Å². The fourth-order valence-electron chi connectivity index (χ4n) is 2.79. The third kappa shape index (κ3) is 5.77. The molecule has 0 aliphatic rings. The number of carbonyl (C=O) groups is 2. The second-order valence-corrected chi connectivity index (χ2v) is 7.33. The molecule has 29 heavy (non-hydrogen) atoms. The Balaban J connectivity index is 1.45. The van der Waals surface area contributed by atoms with E-state index in [2.05, 4.69) is 25.3 Å². The van der Waals surface area contributed by atoms with E-state index in [9.17, 15) is 9.59 Å². The Morgan fingerprint density at radius 1 is 1.17 bits per heavy atom. The molecule has 0 aliphatic carbocycles. The first-order valence-corrected chi connectivity index (χ1v) is 10.5. The molecule has 0 fully saturated rings. The van der Waals surface area contributed by atoms with Crippen LogP contribution in [-0.4, -0.2) is 44.2 Å². The molecule has 9 heteroatoms. The zero-order chi connectivity index (χ0) is 20.5. The minimum atomic E-state index is -0.785. The van der Waals surface area contributed by atoms with E-state index in [4.69, 9.17) is 4.74 Å². The molecule has 2 heterocycles. The fourth-order valence-corrected chi connectivity index (χ4v) is 3.75. The van der Waals surface area contributed by atoms with Gasteiger partial charge in [-0.1, -0.05) is 30.3 Å². The van der Waals surface area contributed by atoms with E-state index in [0.717, 1.165) is 22.7 Å². The summed E-state index contributed by atoms with van der Waals surface area (Å²) >= 11 is 1.60. The highest BCUT2D eigenvalue weighted by Gasteiger charge is 2.23. The van der Waals surface area contributed by atoms with Crippen LogP contribution in [0.1, 0.15) is 37.8 Å². The summed E-state index contributed by atoms with van der Waals surface area (Å²) in [4.78, 5) is 40.1. The number of benzene rings is 1. The first-order valence-electron chi connectivity index (χ1n) is 9.47. The maximum absolute atomic E-state index is 12.3. The van der Waals surface area contributed by atoms with Crippen molar-refractivity contribution < 1.29 is 14.3 Å². The van der Waals surface area contributed by atoms with Gasteiger partial charge in [-0.25, -0.2) is 19.7 Å². The Bertz CT molecular complexity index is 947. The zero-order valence-electron chi connectivity index (χ0n) is 16.1. The topological polar surface area (TPSA) is 110 Å². The van der Waals surface area contributed by atoms with E-state index in [1.54, 1.807) is 37.1 Å². The largest absolute Gasteiger partial charge is 0.464 e. The molecule has 152 valence electrons. The number of esters is 1. The standard InChI is InChI=1S/C20H23N5O3S/c1-2-28-20(27)16(14-8-4-3-5-9-14)25-15(26)10-6-7-11-29-19-17-18(22-12-21-17)23-13-24-19/h3-5,8-9,12-13,16H,2,6-7,10-11H2,1H3,(H,25,26)(H,21,22,23,24). The van der Waals surface area contributed by atoms with Crippen LogP contribution in [0.15, 0.2) is 48.0 Å². The normalized spacial score (nSPS) is 11.9. The van der Waals surface area contributed by atoms with Crippen LogP contribution in [0, 0.1) is 0 Å². The van der Waals surface area contributed by atoms with E-state index in [1.165, 1.54) is 6.33 Å². The summed E-state index contributed by atoms with van der Waals surface area (Å²) in [6.07, 6.45) is 4.98. The predicted molar refractivity (Wildman–Crippen MR) is 110 cm³/mol. The molecule has 1 aromatic carbocycles. The average Bonchev–Trinajstić information content (AvgIpc) is 3.22. The molecule has 2 N–H and O–H groups in total. The number of rotatable bonds is 10. The van der Waals surface area contributed by atoms with E-state index in [0.29, 0.717) is 24.1 Å². The molecular formula is C20H23N5O3S. The second kappa shape index (κ2) is 10.6. The molecular weight excluding hydrogens is 390 g/mol. The first-order chi connectivity index (χ1) is 14.2. The number of unbranched alkanes of at least 4 members (excludes halogenated alkanes) is 1. The Morgan fingerprint density at radius 2 is 2.00 bits per heavy atom. The molecule has 2 aromatic heterocycles. The average molecular weight is 414 g/mol. The van der Waals surface area contributed by atoms with E-state index >= 15 is 0 Å². The van der Waals surface area contributed by atoms with Crippen LogP contribution in [0.25, 0.3) is 11.2 Å². The van der Waals surface area contributed by atoms with Crippen molar-refractivity contribution in [1.82, 2.24) is 25.3 Å². The highest BCUT2D eigenvalue weighted by atomic mass is 32.2. The summed E-state index contributed by atoms with van der Waals surface area (Å²) in [5.74, 6) is 0.197. The number of H-pyrrole nitrogens is 1. The molecule has 0 bridgehead atoms. The number of hydrogen-bond acceptors (Lipinski definition) is 7. The van der Waals surface area contributed by atoms with Crippen molar-refractivity contribution in [2.24, 2.45) is 0 Å². The quantitative estimate of drug-likeness (QED) is 0.227. The number of aromatic amines is 1. The Labute approximate surface area is 172 Å². The maximum atomic E-state index is 12.3. The number of ether oxygens (including phenoxy) is 1. The smallest absolute Gasteiger partial charge is 0.333 e. The molecule has 1 amide bonds. The number of hydrogen-bond donors (Lipinski definition) is 2. The number of carbonyl (C=O) groups excluding carboxylic acids is 2. The van der Waals surface area contributed by atoms with Gasteiger partial charge in [0.05, 0.1) is 12.9 Å². The van der Waals surface area contributed by atoms with E-state index in [-0.39, 0.29) is 12.5 Å². The lowest BCUT2D eigenvalue weighted by Crippen LogP contribution is -2.34. The van der Waals surface area contributed by atoms with Gasteiger partial charge in [0.15, 0.2) is 11.7 Å². The molecule has 8 nitrogen and oxygen atoms in total. The number of fused-ring (bicyclic) bond motifs is 1. The van der Waals surface area contributed by atoms with Crippen LogP contribution >= 0.6 is 11.8 Å². The molecule has 0 spiro atoms. The number of nitrogens with zero attached hydrogens (tertiary/aromatic N) is 3. The molecule has 3 rings (SSSR count). The number of thioether (sulfide) groups is 1. The van der Waals surface area contributed by atoms with Gasteiger partial charge in [-0.2, -0.15) is 0 Å². The molecule has 0 saturated carbocycles. The zero-order valence-corrected chi connectivity index (χ0v) is 16.9. The van der Waals surface area contributed by atoms with Crippen LogP contribution in [0.5, 0.6) is 0 Å². The monoisotopic (exact) mass is 413 g/mol. The Hall–Kier alpha value is -2.94. The van der Waals surface area contributed by atoms with Crippen molar-refractivity contribution >= 4 is 34.8 Å². The van der Waals surface area contributed by atoms with Crippen molar-refractivity contribution in [1.29, 1.82) is 0 Å². The summed E-state index contributed by atoms with van der Waals surface area (Å²) in [7, 11) is 0. The van der Waals surface area contributed by atoms with E-state index < -0.39 is 12.0 Å². The molecule has 3 aromatic rings. The molecule has 1 atom stereocenters. The van der Waals surface area contributed by atoms with Crippen LogP contribution in [0.3, 0.4) is 0 Å². The van der Waals surface area contributed by atoms with Crippen molar-refractivity contribution in [2.75, 3.05) is 12.4 Å². The Morgan fingerprint density at radius 3 is 2.79 bits per heavy atom. The van der Waals surface area contributed by atoms with E-state index in [1.807, 2.05) is 18.2 Å². The van der Waals surface area contributed by atoms with Gasteiger partial charge < -0.3 is 15.0 Å². The lowest BCUT2D eigenvalue weighted by molar-refractivity contribution is -0.147. The third-order valence-corrected chi connectivity index (χ3v) is 5.26. The molecule has 0 saturated heterocycles. The van der Waals surface area contributed by atoms with Crippen LogP contribution in [0.4, 0.5) is 0 Å². The summed E-state index contributed by atoms with van der Waals surface area (Å²) in [5.41, 5.74) is 2.19.